The average molecular weight is 312 g/mol. The minimum Gasteiger partial charge on any atom is -0.486 e. The van der Waals surface area contributed by atoms with Gasteiger partial charge in [-0.25, -0.2) is 13.1 Å². The highest BCUT2D eigenvalue weighted by Gasteiger charge is 2.30. The summed E-state index contributed by atoms with van der Waals surface area (Å²) in [5.74, 6) is 1.10. The van der Waals surface area contributed by atoms with Crippen molar-refractivity contribution in [1.82, 2.24) is 10.0 Å². The molecular formula is C14H20N2O4S. The van der Waals surface area contributed by atoms with Crippen LogP contribution in [0.4, 0.5) is 0 Å². The minimum atomic E-state index is -3.63. The van der Waals surface area contributed by atoms with Crippen LogP contribution in [0, 0.1) is 5.92 Å². The van der Waals surface area contributed by atoms with Gasteiger partial charge in [0.15, 0.2) is 11.5 Å². The van der Waals surface area contributed by atoms with Crippen LogP contribution in [0.5, 0.6) is 11.5 Å². The fourth-order valence-electron chi connectivity index (χ4n) is 2.67. The molecule has 6 nitrogen and oxygen atoms in total. The molecule has 0 aromatic heterocycles. The molecule has 3 rings (SSSR count). The summed E-state index contributed by atoms with van der Waals surface area (Å²) < 4.78 is 39.0. The lowest BCUT2D eigenvalue weighted by atomic mass is 9.96. The van der Waals surface area contributed by atoms with Crippen LogP contribution in [-0.2, 0) is 10.0 Å². The molecule has 1 aromatic carbocycles. The molecule has 0 bridgehead atoms. The maximum Gasteiger partial charge on any atom is 0.244 e. The molecule has 1 saturated heterocycles. The molecule has 2 heterocycles. The number of benzene rings is 1. The van der Waals surface area contributed by atoms with E-state index in [0.717, 1.165) is 13.0 Å². The van der Waals surface area contributed by atoms with Gasteiger partial charge in [-0.05, 0) is 31.0 Å². The number of rotatable bonds is 3. The number of fused-ring (bicyclic) bond motifs is 1. The van der Waals surface area contributed by atoms with E-state index < -0.39 is 10.0 Å². The normalized spacial score (nSPS) is 25.6. The van der Waals surface area contributed by atoms with E-state index in [-0.39, 0.29) is 10.9 Å². The van der Waals surface area contributed by atoms with Crippen LogP contribution in [0.1, 0.15) is 13.3 Å². The molecule has 1 aromatic rings. The van der Waals surface area contributed by atoms with E-state index in [1.54, 1.807) is 18.2 Å². The van der Waals surface area contributed by atoms with Gasteiger partial charge in [-0.1, -0.05) is 13.0 Å². The predicted octanol–water partition coefficient (Wildman–Crippen LogP) is 0.734. The van der Waals surface area contributed by atoms with Gasteiger partial charge in [0.25, 0.3) is 0 Å². The largest absolute Gasteiger partial charge is 0.486 e. The SMILES string of the molecule is CC1CCNCC1NS(=O)(=O)c1cccc2c1OCCO2. The molecule has 7 heteroatoms. The first kappa shape index (κ1) is 14.6. The lowest BCUT2D eigenvalue weighted by molar-refractivity contribution is 0.167. The van der Waals surface area contributed by atoms with Crippen LogP contribution >= 0.6 is 0 Å². The zero-order valence-corrected chi connectivity index (χ0v) is 12.8. The Morgan fingerprint density at radius 2 is 2.10 bits per heavy atom. The van der Waals surface area contributed by atoms with Crippen molar-refractivity contribution in [3.63, 3.8) is 0 Å². The Balaban J connectivity index is 1.88. The fourth-order valence-corrected chi connectivity index (χ4v) is 4.17. The Kier molecular flexibility index (Phi) is 4.05. The number of hydrogen-bond donors (Lipinski definition) is 2. The van der Waals surface area contributed by atoms with E-state index in [4.69, 9.17) is 9.47 Å². The predicted molar refractivity (Wildman–Crippen MR) is 78.2 cm³/mol. The van der Waals surface area contributed by atoms with Crippen molar-refractivity contribution in [2.24, 2.45) is 5.92 Å². The molecule has 0 amide bonds. The Morgan fingerprint density at radius 3 is 2.90 bits per heavy atom. The van der Waals surface area contributed by atoms with Crippen molar-refractivity contribution in [3.05, 3.63) is 18.2 Å². The Hall–Kier alpha value is -1.31. The lowest BCUT2D eigenvalue weighted by Crippen LogP contribution is -2.50. The fraction of sp³-hybridized carbons (Fsp3) is 0.571. The van der Waals surface area contributed by atoms with E-state index in [9.17, 15) is 8.42 Å². The van der Waals surface area contributed by atoms with E-state index in [1.165, 1.54) is 0 Å². The molecule has 2 aliphatic heterocycles. The highest BCUT2D eigenvalue weighted by Crippen LogP contribution is 2.36. The molecule has 0 aliphatic carbocycles. The molecule has 1 fully saturated rings. The van der Waals surface area contributed by atoms with Crippen LogP contribution in [0.25, 0.3) is 0 Å². The lowest BCUT2D eigenvalue weighted by Gasteiger charge is -2.30. The zero-order valence-electron chi connectivity index (χ0n) is 12.0. The van der Waals surface area contributed by atoms with Crippen molar-refractivity contribution >= 4 is 10.0 Å². The number of hydrogen-bond acceptors (Lipinski definition) is 5. The van der Waals surface area contributed by atoms with Gasteiger partial charge in [-0.15, -0.1) is 0 Å². The van der Waals surface area contributed by atoms with Crippen molar-refractivity contribution in [1.29, 1.82) is 0 Å². The van der Waals surface area contributed by atoms with Crippen molar-refractivity contribution in [3.8, 4) is 11.5 Å². The third-order valence-electron chi connectivity index (χ3n) is 3.95. The molecule has 0 radical (unpaired) electrons. The zero-order chi connectivity index (χ0) is 14.9. The van der Waals surface area contributed by atoms with Gasteiger partial charge in [0, 0.05) is 12.6 Å². The summed E-state index contributed by atoms with van der Waals surface area (Å²) in [6.07, 6.45) is 0.958. The van der Waals surface area contributed by atoms with Gasteiger partial charge >= 0.3 is 0 Å². The molecule has 21 heavy (non-hydrogen) atoms. The first-order valence-electron chi connectivity index (χ1n) is 7.19. The minimum absolute atomic E-state index is 0.107. The maximum atomic E-state index is 12.6. The molecule has 2 unspecified atom stereocenters. The van der Waals surface area contributed by atoms with E-state index in [2.05, 4.69) is 17.0 Å². The molecule has 2 N–H and O–H groups in total. The maximum absolute atomic E-state index is 12.6. The van der Waals surface area contributed by atoms with Crippen molar-refractivity contribution in [2.45, 2.75) is 24.3 Å². The summed E-state index contributed by atoms with van der Waals surface area (Å²) in [6, 6.07) is 4.84. The van der Waals surface area contributed by atoms with E-state index in [0.29, 0.717) is 37.2 Å². The van der Waals surface area contributed by atoms with Gasteiger partial charge in [-0.3, -0.25) is 0 Å². The summed E-state index contributed by atoms with van der Waals surface area (Å²) in [5, 5.41) is 3.22. The van der Waals surface area contributed by atoms with E-state index >= 15 is 0 Å². The molecule has 0 spiro atoms. The first-order valence-corrected chi connectivity index (χ1v) is 8.68. The highest BCUT2D eigenvalue weighted by molar-refractivity contribution is 7.89. The summed E-state index contributed by atoms with van der Waals surface area (Å²) in [6.45, 7) is 4.44. The molecule has 116 valence electrons. The third-order valence-corrected chi connectivity index (χ3v) is 5.47. The standard InChI is InChI=1S/C14H20N2O4S/c1-10-5-6-15-9-11(10)16-21(17,18)13-4-2-3-12-14(13)20-8-7-19-12/h2-4,10-11,15-16H,5-9H2,1H3. The second-order valence-corrected chi connectivity index (χ2v) is 7.16. The Bertz CT molecular complexity index is 617. The third kappa shape index (κ3) is 3.00. The molecular weight excluding hydrogens is 292 g/mol. The van der Waals surface area contributed by atoms with Crippen molar-refractivity contribution in [2.75, 3.05) is 26.3 Å². The average Bonchev–Trinajstić information content (AvgIpc) is 2.49. The van der Waals surface area contributed by atoms with Crippen LogP contribution in [0.15, 0.2) is 23.1 Å². The topological polar surface area (TPSA) is 76.7 Å². The summed E-state index contributed by atoms with van der Waals surface area (Å²) >= 11 is 0. The van der Waals surface area contributed by atoms with Crippen LogP contribution in [0.3, 0.4) is 0 Å². The van der Waals surface area contributed by atoms with E-state index in [1.807, 2.05) is 0 Å². The second kappa shape index (κ2) is 5.82. The van der Waals surface area contributed by atoms with Gasteiger partial charge in [0.05, 0.1) is 0 Å². The Morgan fingerprint density at radius 1 is 1.29 bits per heavy atom. The summed E-state index contributed by atoms with van der Waals surface area (Å²) in [4.78, 5) is 0.150. The molecule has 2 aliphatic rings. The Labute approximate surface area is 124 Å². The van der Waals surface area contributed by atoms with Gasteiger partial charge < -0.3 is 14.8 Å². The smallest absolute Gasteiger partial charge is 0.244 e. The van der Waals surface area contributed by atoms with Crippen LogP contribution < -0.4 is 19.5 Å². The quantitative estimate of drug-likeness (QED) is 0.861. The summed E-state index contributed by atoms with van der Waals surface area (Å²) in [5.41, 5.74) is 0. The monoisotopic (exact) mass is 312 g/mol. The van der Waals surface area contributed by atoms with Gasteiger partial charge in [0.2, 0.25) is 10.0 Å². The molecule has 0 saturated carbocycles. The number of nitrogens with one attached hydrogen (secondary N) is 2. The second-order valence-electron chi connectivity index (χ2n) is 5.48. The summed E-state index contributed by atoms with van der Waals surface area (Å²) in [7, 11) is -3.63. The number of piperidine rings is 1. The van der Waals surface area contributed by atoms with Crippen LogP contribution in [-0.4, -0.2) is 40.8 Å². The number of sulfonamides is 1. The highest BCUT2D eigenvalue weighted by atomic mass is 32.2. The molecule has 2 atom stereocenters. The number of para-hydroxylation sites is 1. The first-order chi connectivity index (χ1) is 10.1. The van der Waals surface area contributed by atoms with Crippen LogP contribution in [0.2, 0.25) is 0 Å². The van der Waals surface area contributed by atoms with Gasteiger partial charge in [0.1, 0.15) is 18.1 Å². The number of ether oxygens (including phenoxy) is 2. The van der Waals surface area contributed by atoms with Gasteiger partial charge in [-0.2, -0.15) is 0 Å². The van der Waals surface area contributed by atoms with Crippen molar-refractivity contribution < 1.29 is 17.9 Å².